The smallest absolute Gasteiger partial charge is 0.337 e. The van der Waals surface area contributed by atoms with Crippen LogP contribution in [0.5, 0.6) is 0 Å². The van der Waals surface area contributed by atoms with Gasteiger partial charge >= 0.3 is 12.0 Å². The number of nitrogens with zero attached hydrogens (tertiary/aromatic N) is 2. The molecule has 1 saturated heterocycles. The molecule has 0 aliphatic carbocycles. The van der Waals surface area contributed by atoms with Crippen molar-refractivity contribution in [2.45, 2.75) is 6.54 Å². The van der Waals surface area contributed by atoms with Crippen molar-refractivity contribution in [2.24, 2.45) is 0 Å². The van der Waals surface area contributed by atoms with Crippen LogP contribution in [0.1, 0.15) is 15.9 Å². The highest BCUT2D eigenvalue weighted by molar-refractivity contribution is 5.89. The molecule has 0 atom stereocenters. The fourth-order valence-corrected chi connectivity index (χ4v) is 1.93. The summed E-state index contributed by atoms with van der Waals surface area (Å²) in [7, 11) is 3.15. The normalized spacial score (nSPS) is 15.1. The number of carbonyl (C=O) groups excluding carboxylic acids is 2. The molecule has 1 aromatic carbocycles. The monoisotopic (exact) mass is 248 g/mol. The summed E-state index contributed by atoms with van der Waals surface area (Å²) in [6.45, 7) is 2.08. The van der Waals surface area contributed by atoms with E-state index in [4.69, 9.17) is 0 Å². The minimum atomic E-state index is -0.349. The van der Waals surface area contributed by atoms with Crippen LogP contribution in [0.2, 0.25) is 0 Å². The van der Waals surface area contributed by atoms with Gasteiger partial charge in [-0.1, -0.05) is 12.1 Å². The number of amides is 2. The van der Waals surface area contributed by atoms with Crippen molar-refractivity contribution in [3.63, 3.8) is 0 Å². The van der Waals surface area contributed by atoms with E-state index in [0.717, 1.165) is 18.7 Å². The Bertz CT molecular complexity index is 456. The molecule has 18 heavy (non-hydrogen) atoms. The molecule has 96 valence electrons. The molecule has 5 nitrogen and oxygen atoms in total. The minimum absolute atomic E-state index is 0.0482. The van der Waals surface area contributed by atoms with E-state index in [9.17, 15) is 9.59 Å². The van der Waals surface area contributed by atoms with E-state index >= 15 is 0 Å². The summed E-state index contributed by atoms with van der Waals surface area (Å²) in [6, 6.07) is 7.17. The number of hydrogen-bond donors (Lipinski definition) is 0. The summed E-state index contributed by atoms with van der Waals surface area (Å²) in [5, 5.41) is 0. The second-order valence-electron chi connectivity index (χ2n) is 4.31. The number of urea groups is 1. The average Bonchev–Trinajstić information content (AvgIpc) is 2.71. The number of rotatable bonds is 3. The van der Waals surface area contributed by atoms with Gasteiger partial charge in [0.15, 0.2) is 0 Å². The van der Waals surface area contributed by atoms with E-state index < -0.39 is 0 Å². The molecule has 0 spiro atoms. The van der Waals surface area contributed by atoms with Crippen LogP contribution in [-0.2, 0) is 11.3 Å². The van der Waals surface area contributed by atoms with E-state index in [0.29, 0.717) is 12.1 Å². The number of carbonyl (C=O) groups is 2. The molecule has 0 bridgehead atoms. The zero-order valence-electron chi connectivity index (χ0n) is 10.5. The molecular formula is C13H16N2O3. The molecule has 2 rings (SSSR count). The maximum absolute atomic E-state index is 11.7. The lowest BCUT2D eigenvalue weighted by Crippen LogP contribution is -2.28. The standard InChI is InChI=1S/C13H16N2O3/c1-14-7-8-15(13(14)17)9-10-3-5-11(6-4-10)12(16)18-2/h3-6H,7-9H2,1-2H3. The van der Waals surface area contributed by atoms with Crippen molar-refractivity contribution in [2.75, 3.05) is 27.2 Å². The van der Waals surface area contributed by atoms with Crippen molar-refractivity contribution in [1.29, 1.82) is 0 Å². The largest absolute Gasteiger partial charge is 0.465 e. The zero-order valence-corrected chi connectivity index (χ0v) is 10.5. The van der Waals surface area contributed by atoms with Crippen LogP contribution in [0, 0.1) is 0 Å². The summed E-state index contributed by atoms with van der Waals surface area (Å²) in [5.41, 5.74) is 1.53. The van der Waals surface area contributed by atoms with Crippen molar-refractivity contribution in [3.8, 4) is 0 Å². The van der Waals surface area contributed by atoms with Gasteiger partial charge in [-0.3, -0.25) is 0 Å². The first-order valence-corrected chi connectivity index (χ1v) is 5.79. The van der Waals surface area contributed by atoms with Gasteiger partial charge in [0.05, 0.1) is 12.7 Å². The first-order valence-electron chi connectivity index (χ1n) is 5.79. The van der Waals surface area contributed by atoms with Gasteiger partial charge in [0.1, 0.15) is 0 Å². The molecule has 1 fully saturated rings. The van der Waals surface area contributed by atoms with Crippen LogP contribution in [-0.4, -0.2) is 49.0 Å². The van der Waals surface area contributed by atoms with E-state index in [1.807, 2.05) is 12.1 Å². The fraction of sp³-hybridized carbons (Fsp3) is 0.385. The van der Waals surface area contributed by atoms with Crippen LogP contribution in [0.15, 0.2) is 24.3 Å². The predicted octanol–water partition coefficient (Wildman–Crippen LogP) is 1.34. The van der Waals surface area contributed by atoms with Gasteiger partial charge in [-0.25, -0.2) is 9.59 Å². The second-order valence-corrected chi connectivity index (χ2v) is 4.31. The number of benzene rings is 1. The van der Waals surface area contributed by atoms with Gasteiger partial charge in [-0.05, 0) is 17.7 Å². The SMILES string of the molecule is COC(=O)c1ccc(CN2CCN(C)C2=O)cc1. The average molecular weight is 248 g/mol. The molecule has 1 heterocycles. The summed E-state index contributed by atoms with van der Waals surface area (Å²) in [6.07, 6.45) is 0. The zero-order chi connectivity index (χ0) is 13.1. The minimum Gasteiger partial charge on any atom is -0.465 e. The third kappa shape index (κ3) is 2.45. The van der Waals surface area contributed by atoms with Gasteiger partial charge < -0.3 is 14.5 Å². The first kappa shape index (κ1) is 12.4. The molecule has 0 N–H and O–H groups in total. The maximum Gasteiger partial charge on any atom is 0.337 e. The molecule has 0 unspecified atom stereocenters. The third-order valence-corrected chi connectivity index (χ3v) is 3.05. The van der Waals surface area contributed by atoms with Crippen LogP contribution in [0.25, 0.3) is 0 Å². The molecule has 1 aliphatic rings. The second kappa shape index (κ2) is 5.08. The highest BCUT2D eigenvalue weighted by atomic mass is 16.5. The van der Waals surface area contributed by atoms with Gasteiger partial charge in [-0.15, -0.1) is 0 Å². The van der Waals surface area contributed by atoms with Crippen LogP contribution >= 0.6 is 0 Å². The Hall–Kier alpha value is -2.04. The fourth-order valence-electron chi connectivity index (χ4n) is 1.93. The molecular weight excluding hydrogens is 232 g/mol. The molecule has 5 heteroatoms. The summed E-state index contributed by atoms with van der Waals surface area (Å²) in [5.74, 6) is -0.349. The van der Waals surface area contributed by atoms with Gasteiger partial charge in [0, 0.05) is 26.7 Å². The Morgan fingerprint density at radius 1 is 1.28 bits per heavy atom. The number of hydrogen-bond acceptors (Lipinski definition) is 3. The Labute approximate surface area is 106 Å². The van der Waals surface area contributed by atoms with E-state index in [-0.39, 0.29) is 12.0 Å². The quantitative estimate of drug-likeness (QED) is 0.758. The van der Waals surface area contributed by atoms with E-state index in [2.05, 4.69) is 4.74 Å². The number of esters is 1. The van der Waals surface area contributed by atoms with Crippen LogP contribution in [0.3, 0.4) is 0 Å². The highest BCUT2D eigenvalue weighted by Crippen LogP contribution is 2.13. The van der Waals surface area contributed by atoms with Crippen LogP contribution < -0.4 is 0 Å². The lowest BCUT2D eigenvalue weighted by Gasteiger charge is -2.15. The Kier molecular flexibility index (Phi) is 3.50. The van der Waals surface area contributed by atoms with Crippen LogP contribution in [0.4, 0.5) is 4.79 Å². The lowest BCUT2D eigenvalue weighted by atomic mass is 10.1. The Balaban J connectivity index is 2.03. The van der Waals surface area contributed by atoms with Crippen molar-refractivity contribution in [1.82, 2.24) is 9.80 Å². The van der Waals surface area contributed by atoms with Gasteiger partial charge in [-0.2, -0.15) is 0 Å². The molecule has 1 aromatic rings. The van der Waals surface area contributed by atoms with E-state index in [1.165, 1.54) is 7.11 Å². The number of ether oxygens (including phenoxy) is 1. The Morgan fingerprint density at radius 3 is 2.44 bits per heavy atom. The van der Waals surface area contributed by atoms with Gasteiger partial charge in [0.25, 0.3) is 0 Å². The highest BCUT2D eigenvalue weighted by Gasteiger charge is 2.24. The van der Waals surface area contributed by atoms with E-state index in [1.54, 1.807) is 29.0 Å². The Morgan fingerprint density at radius 2 is 1.94 bits per heavy atom. The predicted molar refractivity (Wildman–Crippen MR) is 66.2 cm³/mol. The van der Waals surface area contributed by atoms with Crippen molar-refractivity contribution < 1.29 is 14.3 Å². The summed E-state index contributed by atoms with van der Waals surface area (Å²) >= 11 is 0. The third-order valence-electron chi connectivity index (χ3n) is 3.05. The molecule has 0 radical (unpaired) electrons. The molecule has 0 aromatic heterocycles. The number of likely N-dealkylation sites (N-methyl/N-ethyl adjacent to an activating group) is 1. The lowest BCUT2D eigenvalue weighted by molar-refractivity contribution is 0.0600. The molecule has 0 saturated carbocycles. The maximum atomic E-state index is 11.7. The first-order chi connectivity index (χ1) is 8.61. The summed E-state index contributed by atoms with van der Waals surface area (Å²) < 4.78 is 4.63. The topological polar surface area (TPSA) is 49.9 Å². The molecule has 1 aliphatic heterocycles. The van der Waals surface area contributed by atoms with Crippen molar-refractivity contribution >= 4 is 12.0 Å². The molecule has 2 amide bonds. The van der Waals surface area contributed by atoms with Gasteiger partial charge in [0.2, 0.25) is 0 Å². The number of methoxy groups -OCH3 is 1. The van der Waals surface area contributed by atoms with Crippen molar-refractivity contribution in [3.05, 3.63) is 35.4 Å². The summed E-state index contributed by atoms with van der Waals surface area (Å²) in [4.78, 5) is 26.5.